The number of unbranched alkanes of at least 4 members (excludes halogenated alkanes) is 30. The SMILES string of the molecule is CC/C=C\C/C=C\C/C=C\C/C=C\C/C=C\C/C=C\C/C=C\C/C=C\C/C=C\C/C=C\CCCCCCCCC(=O)OC(COC(=O)CCCCCCCCCCCCCCCCCCCCCCCCCCC)COP(=O)(O)OCCN. The number of phosphoric acid groups is 1. The number of allylic oxidation sites excluding steroid dienone is 20. The second kappa shape index (κ2) is 67.5. The fourth-order valence-corrected chi connectivity index (χ4v) is 10.1. The highest BCUT2D eigenvalue weighted by Crippen LogP contribution is 2.43. The zero-order chi connectivity index (χ0) is 60.1. The van der Waals surface area contributed by atoms with Gasteiger partial charge in [0, 0.05) is 19.4 Å². The minimum Gasteiger partial charge on any atom is -0.462 e. The largest absolute Gasteiger partial charge is 0.472 e. The summed E-state index contributed by atoms with van der Waals surface area (Å²) in [5.74, 6) is -0.840. The Balaban J connectivity index is 3.98. The number of rotatable bonds is 63. The lowest BCUT2D eigenvalue weighted by molar-refractivity contribution is -0.161. The number of carbonyl (C=O) groups is 2. The van der Waals surface area contributed by atoms with Crippen LogP contribution in [0, 0.1) is 0 Å². The van der Waals surface area contributed by atoms with Crippen molar-refractivity contribution in [1.29, 1.82) is 0 Å². The van der Waals surface area contributed by atoms with Crippen molar-refractivity contribution in [2.75, 3.05) is 26.4 Å². The number of nitrogens with two attached hydrogens (primary N) is 1. The van der Waals surface area contributed by atoms with Gasteiger partial charge < -0.3 is 20.1 Å². The fourth-order valence-electron chi connectivity index (χ4n) is 9.37. The third-order valence-electron chi connectivity index (χ3n) is 14.4. The Morgan fingerprint density at radius 2 is 0.663 bits per heavy atom. The quantitative estimate of drug-likeness (QED) is 0.0264. The molecule has 0 radical (unpaired) electrons. The molecule has 0 aliphatic carbocycles. The molecule has 2 unspecified atom stereocenters. The van der Waals surface area contributed by atoms with Crippen molar-refractivity contribution in [1.82, 2.24) is 0 Å². The van der Waals surface area contributed by atoms with Gasteiger partial charge in [-0.15, -0.1) is 0 Å². The van der Waals surface area contributed by atoms with Crippen LogP contribution in [0.5, 0.6) is 0 Å². The summed E-state index contributed by atoms with van der Waals surface area (Å²) < 4.78 is 33.1. The van der Waals surface area contributed by atoms with Crippen LogP contribution in [-0.2, 0) is 32.7 Å². The van der Waals surface area contributed by atoms with Crippen molar-refractivity contribution in [3.05, 3.63) is 122 Å². The van der Waals surface area contributed by atoms with Crippen molar-refractivity contribution < 1.29 is 37.6 Å². The summed E-state index contributed by atoms with van der Waals surface area (Å²) in [7, 11) is -4.40. The van der Waals surface area contributed by atoms with Crippen LogP contribution in [0.3, 0.4) is 0 Å². The molecule has 0 spiro atoms. The smallest absolute Gasteiger partial charge is 0.462 e. The summed E-state index contributed by atoms with van der Waals surface area (Å²) >= 11 is 0. The monoisotopic (exact) mass is 1180 g/mol. The van der Waals surface area contributed by atoms with E-state index in [1.165, 1.54) is 141 Å². The molecule has 0 amide bonds. The van der Waals surface area contributed by atoms with Crippen LogP contribution in [0.2, 0.25) is 0 Å². The molecule has 83 heavy (non-hydrogen) atoms. The number of hydrogen-bond acceptors (Lipinski definition) is 8. The first-order chi connectivity index (χ1) is 40.8. The molecule has 0 heterocycles. The molecule has 0 saturated carbocycles. The van der Waals surface area contributed by atoms with E-state index in [0.29, 0.717) is 6.42 Å². The molecule has 9 nitrogen and oxygen atoms in total. The summed E-state index contributed by atoms with van der Waals surface area (Å²) in [6, 6.07) is 0. The summed E-state index contributed by atoms with van der Waals surface area (Å²) in [5, 5.41) is 0. The minimum absolute atomic E-state index is 0.0464. The van der Waals surface area contributed by atoms with Gasteiger partial charge >= 0.3 is 19.8 Å². The maximum Gasteiger partial charge on any atom is 0.472 e. The molecule has 0 aromatic carbocycles. The van der Waals surface area contributed by atoms with E-state index in [0.717, 1.165) is 122 Å². The van der Waals surface area contributed by atoms with Gasteiger partial charge in [0.25, 0.3) is 0 Å². The van der Waals surface area contributed by atoms with Gasteiger partial charge in [-0.25, -0.2) is 4.57 Å². The first kappa shape index (κ1) is 79.4. The Morgan fingerprint density at radius 3 is 0.988 bits per heavy atom. The van der Waals surface area contributed by atoms with Crippen molar-refractivity contribution in [3.8, 4) is 0 Å². The van der Waals surface area contributed by atoms with Gasteiger partial charge in [0.15, 0.2) is 6.10 Å². The molecule has 10 heteroatoms. The van der Waals surface area contributed by atoms with E-state index in [1.807, 2.05) is 0 Å². The van der Waals surface area contributed by atoms with Gasteiger partial charge in [-0.2, -0.15) is 0 Å². The maximum atomic E-state index is 12.8. The molecule has 0 aromatic heterocycles. The zero-order valence-electron chi connectivity index (χ0n) is 53.4. The Labute approximate surface area is 511 Å². The number of carbonyl (C=O) groups excluding carboxylic acids is 2. The van der Waals surface area contributed by atoms with Crippen LogP contribution >= 0.6 is 7.82 Å². The van der Waals surface area contributed by atoms with Gasteiger partial charge in [0.1, 0.15) is 6.61 Å². The normalized spacial score (nSPS) is 13.7. The van der Waals surface area contributed by atoms with Crippen LogP contribution in [-0.4, -0.2) is 49.3 Å². The third kappa shape index (κ3) is 67.4. The predicted molar refractivity (Wildman–Crippen MR) is 358 cm³/mol. The lowest BCUT2D eigenvalue weighted by atomic mass is 10.0. The number of ether oxygens (including phenoxy) is 2. The second-order valence-corrected chi connectivity index (χ2v) is 23.8. The summed E-state index contributed by atoms with van der Waals surface area (Å²) in [6.45, 7) is 3.64. The topological polar surface area (TPSA) is 134 Å². The molecule has 0 saturated heterocycles. The Morgan fingerprint density at radius 1 is 0.373 bits per heavy atom. The average Bonchev–Trinajstić information content (AvgIpc) is 3.49. The lowest BCUT2D eigenvalue weighted by Gasteiger charge is -2.19. The molecule has 0 aliphatic rings. The number of esters is 2. The number of phosphoric ester groups is 1. The standard InChI is InChI=1S/C73H126NO8P/c1-3-5-7-9-11-13-15-17-19-21-23-25-27-29-30-31-32-33-34-35-36-37-38-39-40-42-44-46-48-50-52-54-56-58-60-62-64-66-73(76)82-71(70-81-83(77,78)80-68-67-74)69-79-72(75)65-63-61-59-57-55-53-51-49-47-45-43-41-28-26-24-22-20-18-16-14-12-10-8-6-4-2/h5,7,11,13,17,19,23,25,29-30,32-33,35-36,38-39,42,44,48,50,71H,3-4,6,8-10,12,14-16,18,20-22,24,26-28,31,34,37,40-41,43,45-47,49,51-70,74H2,1-2H3,(H,77,78)/b7-5-,13-11-,19-17-,25-23-,30-29-,33-32-,36-35-,39-38-,44-42-,50-48-. The Kier molecular flexibility index (Phi) is 64.6. The van der Waals surface area contributed by atoms with E-state index in [-0.39, 0.29) is 38.6 Å². The van der Waals surface area contributed by atoms with Crippen molar-refractivity contribution in [2.24, 2.45) is 5.73 Å². The first-order valence-electron chi connectivity index (χ1n) is 34.0. The molecule has 0 bridgehead atoms. The van der Waals surface area contributed by atoms with Crippen molar-refractivity contribution in [3.63, 3.8) is 0 Å². The van der Waals surface area contributed by atoms with Crippen LogP contribution in [0.1, 0.15) is 296 Å². The van der Waals surface area contributed by atoms with E-state index in [1.54, 1.807) is 0 Å². The van der Waals surface area contributed by atoms with E-state index in [4.69, 9.17) is 24.3 Å². The van der Waals surface area contributed by atoms with Gasteiger partial charge in [-0.3, -0.25) is 18.6 Å². The fraction of sp³-hybridized carbons (Fsp3) is 0.699. The van der Waals surface area contributed by atoms with Gasteiger partial charge in [0.05, 0.1) is 13.2 Å². The van der Waals surface area contributed by atoms with Gasteiger partial charge in [-0.05, 0) is 89.9 Å². The van der Waals surface area contributed by atoms with Crippen molar-refractivity contribution in [2.45, 2.75) is 302 Å². The summed E-state index contributed by atoms with van der Waals surface area (Å²) in [5.41, 5.74) is 5.40. The van der Waals surface area contributed by atoms with Crippen molar-refractivity contribution >= 4 is 19.8 Å². The molecule has 0 aromatic rings. The van der Waals surface area contributed by atoms with E-state index < -0.39 is 26.5 Å². The maximum absolute atomic E-state index is 12.8. The highest BCUT2D eigenvalue weighted by molar-refractivity contribution is 7.47. The molecule has 3 N–H and O–H groups in total. The molecule has 0 aliphatic heterocycles. The summed E-state index contributed by atoms with van der Waals surface area (Å²) in [6.07, 6.45) is 94.2. The molecule has 2 atom stereocenters. The third-order valence-corrected chi connectivity index (χ3v) is 15.3. The van der Waals surface area contributed by atoms with E-state index in [2.05, 4.69) is 135 Å². The molecular weight excluding hydrogens is 1050 g/mol. The highest BCUT2D eigenvalue weighted by atomic mass is 31.2. The molecular formula is C73H126NO8P. The van der Waals surface area contributed by atoms with Crippen LogP contribution in [0.25, 0.3) is 0 Å². The zero-order valence-corrected chi connectivity index (χ0v) is 54.3. The van der Waals surface area contributed by atoms with Crippen LogP contribution in [0.15, 0.2) is 122 Å². The van der Waals surface area contributed by atoms with Gasteiger partial charge in [-0.1, -0.05) is 315 Å². The first-order valence-corrected chi connectivity index (χ1v) is 35.5. The minimum atomic E-state index is -4.40. The van der Waals surface area contributed by atoms with Crippen LogP contribution < -0.4 is 5.73 Å². The highest BCUT2D eigenvalue weighted by Gasteiger charge is 2.26. The molecule has 476 valence electrons. The molecule has 0 rings (SSSR count). The van der Waals surface area contributed by atoms with E-state index in [9.17, 15) is 19.0 Å². The number of hydrogen-bond donors (Lipinski definition) is 2. The Bertz CT molecular complexity index is 1770. The summed E-state index contributed by atoms with van der Waals surface area (Å²) in [4.78, 5) is 35.3. The van der Waals surface area contributed by atoms with Gasteiger partial charge in [0.2, 0.25) is 0 Å². The van der Waals surface area contributed by atoms with E-state index >= 15 is 0 Å². The average molecular weight is 1180 g/mol. The molecule has 0 fully saturated rings. The van der Waals surface area contributed by atoms with Crippen LogP contribution in [0.4, 0.5) is 0 Å². The lowest BCUT2D eigenvalue weighted by Crippen LogP contribution is -2.29. The second-order valence-electron chi connectivity index (χ2n) is 22.3. The Hall–Kier alpha value is -3.59. The predicted octanol–water partition coefficient (Wildman–Crippen LogP) is 22.3.